The van der Waals surface area contributed by atoms with E-state index in [0.717, 1.165) is 10.6 Å². The third-order valence-corrected chi connectivity index (χ3v) is 4.09. The maximum absolute atomic E-state index is 9.93. The molecule has 0 amide bonds. The number of benzene rings is 2. The van der Waals surface area contributed by atoms with E-state index in [-0.39, 0.29) is 5.75 Å². The minimum Gasteiger partial charge on any atom is -0.507 e. The van der Waals surface area contributed by atoms with E-state index in [1.165, 1.54) is 11.3 Å². The smallest absolute Gasteiger partial charge is 0.235 e. The van der Waals surface area contributed by atoms with Gasteiger partial charge in [-0.1, -0.05) is 53.8 Å². The van der Waals surface area contributed by atoms with E-state index in [2.05, 4.69) is 15.3 Å². The first-order valence-corrected chi connectivity index (χ1v) is 7.20. The lowest BCUT2D eigenvalue weighted by Gasteiger charge is -1.98. The van der Waals surface area contributed by atoms with Crippen LogP contribution in [0.5, 0.6) is 5.75 Å². The summed E-state index contributed by atoms with van der Waals surface area (Å²) in [5.41, 5.74) is 1.66. The molecule has 0 spiro atoms. The van der Waals surface area contributed by atoms with Gasteiger partial charge >= 0.3 is 0 Å². The first kappa shape index (κ1) is 12.0. The minimum absolute atomic E-state index is 0.212. The average molecular weight is 294 g/mol. The SMILES string of the molecule is Oc1ccccc1-c1nn2c(-c3ccccc3)nnc2s1. The molecule has 0 radical (unpaired) electrons. The van der Waals surface area contributed by atoms with E-state index in [1.807, 2.05) is 42.5 Å². The molecule has 0 fully saturated rings. The Labute approximate surface area is 124 Å². The zero-order valence-electron chi connectivity index (χ0n) is 10.8. The van der Waals surface area contributed by atoms with Gasteiger partial charge in [0.1, 0.15) is 5.75 Å². The van der Waals surface area contributed by atoms with Crippen molar-refractivity contribution in [2.45, 2.75) is 0 Å². The molecule has 2 aromatic carbocycles. The van der Waals surface area contributed by atoms with Crippen molar-refractivity contribution in [3.8, 4) is 27.7 Å². The molecule has 4 rings (SSSR count). The zero-order valence-corrected chi connectivity index (χ0v) is 11.7. The highest BCUT2D eigenvalue weighted by molar-refractivity contribution is 7.19. The number of fused-ring (bicyclic) bond motifs is 1. The maximum Gasteiger partial charge on any atom is 0.235 e. The van der Waals surface area contributed by atoms with Gasteiger partial charge in [0.2, 0.25) is 4.96 Å². The molecule has 0 saturated carbocycles. The normalized spacial score (nSPS) is 11.0. The molecule has 2 aromatic heterocycles. The van der Waals surface area contributed by atoms with Crippen molar-refractivity contribution in [1.82, 2.24) is 19.8 Å². The molecule has 0 aliphatic rings. The topological polar surface area (TPSA) is 63.3 Å². The van der Waals surface area contributed by atoms with Crippen LogP contribution in [0.1, 0.15) is 0 Å². The molecule has 5 nitrogen and oxygen atoms in total. The van der Waals surface area contributed by atoms with Crippen molar-refractivity contribution >= 4 is 16.3 Å². The molecule has 0 aliphatic carbocycles. The predicted octanol–water partition coefficient (Wildman–Crippen LogP) is 3.23. The third-order valence-electron chi connectivity index (χ3n) is 3.16. The Morgan fingerprint density at radius 2 is 1.67 bits per heavy atom. The van der Waals surface area contributed by atoms with Gasteiger partial charge in [0, 0.05) is 5.56 Å². The van der Waals surface area contributed by atoms with Crippen LogP contribution < -0.4 is 0 Å². The van der Waals surface area contributed by atoms with E-state index in [1.54, 1.807) is 16.6 Å². The van der Waals surface area contributed by atoms with Crippen molar-refractivity contribution in [2.24, 2.45) is 0 Å². The highest BCUT2D eigenvalue weighted by atomic mass is 32.1. The number of hydrogen-bond donors (Lipinski definition) is 1. The van der Waals surface area contributed by atoms with Gasteiger partial charge in [0.15, 0.2) is 10.8 Å². The first-order valence-electron chi connectivity index (χ1n) is 6.39. The fourth-order valence-electron chi connectivity index (χ4n) is 2.15. The van der Waals surface area contributed by atoms with Crippen molar-refractivity contribution in [2.75, 3.05) is 0 Å². The monoisotopic (exact) mass is 294 g/mol. The molecule has 21 heavy (non-hydrogen) atoms. The average Bonchev–Trinajstić information content (AvgIpc) is 3.08. The highest BCUT2D eigenvalue weighted by Crippen LogP contribution is 2.32. The maximum atomic E-state index is 9.93. The molecule has 1 N–H and O–H groups in total. The van der Waals surface area contributed by atoms with E-state index in [4.69, 9.17) is 0 Å². The Kier molecular flexibility index (Phi) is 2.68. The predicted molar refractivity (Wildman–Crippen MR) is 81.2 cm³/mol. The number of hydrogen-bond acceptors (Lipinski definition) is 5. The Morgan fingerprint density at radius 1 is 0.905 bits per heavy atom. The fraction of sp³-hybridized carbons (Fsp3) is 0. The van der Waals surface area contributed by atoms with Gasteiger partial charge in [-0.2, -0.15) is 9.61 Å². The Balaban J connectivity index is 1.89. The van der Waals surface area contributed by atoms with Crippen LogP contribution in [-0.4, -0.2) is 24.9 Å². The standard InChI is InChI=1S/C15H10N4OS/c20-12-9-5-4-8-11(12)14-18-19-13(16-17-15(19)21-14)10-6-2-1-3-7-10/h1-9,20H. The van der Waals surface area contributed by atoms with Gasteiger partial charge in [-0.3, -0.25) is 0 Å². The Bertz CT molecular complexity index is 914. The van der Waals surface area contributed by atoms with Crippen molar-refractivity contribution < 1.29 is 5.11 Å². The lowest BCUT2D eigenvalue weighted by atomic mass is 10.2. The molecule has 102 valence electrons. The summed E-state index contributed by atoms with van der Waals surface area (Å²) < 4.78 is 1.71. The van der Waals surface area contributed by atoms with E-state index < -0.39 is 0 Å². The van der Waals surface area contributed by atoms with Crippen LogP contribution in [0, 0.1) is 0 Å². The van der Waals surface area contributed by atoms with Crippen LogP contribution in [0.3, 0.4) is 0 Å². The van der Waals surface area contributed by atoms with E-state index >= 15 is 0 Å². The number of aromatic nitrogens is 4. The number of phenols is 1. The summed E-state index contributed by atoms with van der Waals surface area (Å²) in [6, 6.07) is 16.9. The minimum atomic E-state index is 0.212. The second-order valence-electron chi connectivity index (χ2n) is 4.51. The second-order valence-corrected chi connectivity index (χ2v) is 5.46. The number of rotatable bonds is 2. The first-order chi connectivity index (χ1) is 10.3. The largest absolute Gasteiger partial charge is 0.507 e. The van der Waals surface area contributed by atoms with Gasteiger partial charge in [-0.25, -0.2) is 0 Å². The van der Waals surface area contributed by atoms with E-state index in [9.17, 15) is 5.11 Å². The summed E-state index contributed by atoms with van der Waals surface area (Å²) in [7, 11) is 0. The fourth-order valence-corrected chi connectivity index (χ4v) is 3.02. The summed E-state index contributed by atoms with van der Waals surface area (Å²) in [6.45, 7) is 0. The van der Waals surface area contributed by atoms with Crippen molar-refractivity contribution in [1.29, 1.82) is 0 Å². The van der Waals surface area contributed by atoms with Crippen molar-refractivity contribution in [3.63, 3.8) is 0 Å². The zero-order chi connectivity index (χ0) is 14.2. The lowest BCUT2D eigenvalue weighted by Crippen LogP contribution is -1.90. The summed E-state index contributed by atoms with van der Waals surface area (Å²) >= 11 is 1.40. The van der Waals surface area contributed by atoms with Crippen LogP contribution in [0.4, 0.5) is 0 Å². The highest BCUT2D eigenvalue weighted by Gasteiger charge is 2.15. The molecule has 0 aliphatic heterocycles. The summed E-state index contributed by atoms with van der Waals surface area (Å²) in [5, 5.41) is 23.5. The molecule has 2 heterocycles. The Hall–Kier alpha value is -2.73. The van der Waals surface area contributed by atoms with Crippen LogP contribution >= 0.6 is 11.3 Å². The van der Waals surface area contributed by atoms with Gasteiger partial charge < -0.3 is 5.11 Å². The third kappa shape index (κ3) is 1.96. The number of aromatic hydroxyl groups is 1. The van der Waals surface area contributed by atoms with Gasteiger partial charge in [-0.05, 0) is 12.1 Å². The molecular weight excluding hydrogens is 284 g/mol. The van der Waals surface area contributed by atoms with E-state index in [0.29, 0.717) is 16.3 Å². The Morgan fingerprint density at radius 3 is 2.48 bits per heavy atom. The van der Waals surface area contributed by atoms with Crippen LogP contribution in [-0.2, 0) is 0 Å². The van der Waals surface area contributed by atoms with Gasteiger partial charge in [0.05, 0.1) is 5.56 Å². The summed E-state index contributed by atoms with van der Waals surface area (Å²) in [5.74, 6) is 0.909. The summed E-state index contributed by atoms with van der Waals surface area (Å²) in [6.07, 6.45) is 0. The molecule has 0 saturated heterocycles. The number of nitrogens with zero attached hydrogens (tertiary/aromatic N) is 4. The number of phenolic OH excluding ortho intramolecular Hbond substituents is 1. The van der Waals surface area contributed by atoms with Crippen LogP contribution in [0.25, 0.3) is 26.9 Å². The quantitative estimate of drug-likeness (QED) is 0.616. The molecule has 0 bridgehead atoms. The second kappa shape index (κ2) is 4.68. The summed E-state index contributed by atoms with van der Waals surface area (Å²) in [4.78, 5) is 0.701. The molecular formula is C15H10N4OS. The van der Waals surface area contributed by atoms with Crippen LogP contribution in [0.2, 0.25) is 0 Å². The van der Waals surface area contributed by atoms with Crippen LogP contribution in [0.15, 0.2) is 54.6 Å². The lowest BCUT2D eigenvalue weighted by molar-refractivity contribution is 0.477. The van der Waals surface area contributed by atoms with Gasteiger partial charge in [0.25, 0.3) is 0 Å². The van der Waals surface area contributed by atoms with Crippen molar-refractivity contribution in [3.05, 3.63) is 54.6 Å². The molecule has 6 heteroatoms. The molecule has 0 unspecified atom stereocenters. The molecule has 0 atom stereocenters. The number of para-hydroxylation sites is 1. The molecule has 4 aromatic rings. The van der Waals surface area contributed by atoms with Gasteiger partial charge in [-0.15, -0.1) is 10.2 Å².